The monoisotopic (exact) mass is 270 g/mol. The highest BCUT2D eigenvalue weighted by Gasteiger charge is 2.17. The fourth-order valence-corrected chi connectivity index (χ4v) is 2.38. The number of hydrogen-bond donors (Lipinski definition) is 0. The third kappa shape index (κ3) is 3.19. The lowest BCUT2D eigenvalue weighted by molar-refractivity contribution is 0.103. The molecule has 2 heteroatoms. The highest BCUT2D eigenvalue weighted by Crippen LogP contribution is 2.27. The molecule has 0 N–H and O–H groups in total. The number of carbonyl (C=O) groups is 1. The van der Waals surface area contributed by atoms with Crippen molar-refractivity contribution in [2.24, 2.45) is 0 Å². The third-order valence-electron chi connectivity index (χ3n) is 3.43. The van der Waals surface area contributed by atoms with E-state index < -0.39 is 0 Å². The van der Waals surface area contributed by atoms with Crippen molar-refractivity contribution < 1.29 is 9.53 Å². The van der Waals surface area contributed by atoms with Gasteiger partial charge in [-0.25, -0.2) is 0 Å². The van der Waals surface area contributed by atoms with Gasteiger partial charge < -0.3 is 4.74 Å². The number of allylic oxidation sites excluding steroid dienone is 4. The minimum Gasteiger partial charge on any atom is -0.491 e. The predicted octanol–water partition coefficient (Wildman–Crippen LogP) is 4.55. The van der Waals surface area contributed by atoms with Crippen molar-refractivity contribution in [3.05, 3.63) is 52.6 Å². The summed E-state index contributed by atoms with van der Waals surface area (Å²) in [5.41, 5.74) is 3.68. The molecule has 1 aromatic carbocycles. The second-order valence-corrected chi connectivity index (χ2v) is 5.59. The molecule has 1 aliphatic carbocycles. The van der Waals surface area contributed by atoms with Crippen molar-refractivity contribution in [3.8, 4) is 5.75 Å². The Kier molecular flexibility index (Phi) is 4.43. The molecule has 0 saturated heterocycles. The molecule has 0 atom stereocenters. The summed E-state index contributed by atoms with van der Waals surface area (Å²) < 4.78 is 5.77. The smallest absolute Gasteiger partial charge is 0.189 e. The Morgan fingerprint density at radius 1 is 1.20 bits per heavy atom. The van der Waals surface area contributed by atoms with Gasteiger partial charge in [0.05, 0.1) is 6.10 Å². The van der Waals surface area contributed by atoms with Crippen LogP contribution in [-0.2, 0) is 0 Å². The van der Waals surface area contributed by atoms with Gasteiger partial charge in [0.2, 0.25) is 0 Å². The molecule has 0 spiro atoms. The number of rotatable bonds is 4. The van der Waals surface area contributed by atoms with E-state index in [-0.39, 0.29) is 11.9 Å². The van der Waals surface area contributed by atoms with E-state index >= 15 is 0 Å². The van der Waals surface area contributed by atoms with Crippen LogP contribution in [0.4, 0.5) is 0 Å². The van der Waals surface area contributed by atoms with E-state index in [1.807, 2.05) is 52.0 Å². The zero-order chi connectivity index (χ0) is 14.7. The number of aryl methyl sites for hydroxylation is 2. The lowest BCUT2D eigenvalue weighted by Crippen LogP contribution is -2.10. The standard InChI is InChI=1S/C18H22O2/c1-12(2)20-17-11-13(3)16(10-14(17)4)18(19)15-8-6-5-7-9-15/h5-6,8,10-12H,7,9H2,1-4H3. The third-order valence-corrected chi connectivity index (χ3v) is 3.43. The highest BCUT2D eigenvalue weighted by molar-refractivity contribution is 6.10. The van der Waals surface area contributed by atoms with Gasteiger partial charge in [-0.05, 0) is 63.8 Å². The Labute approximate surface area is 121 Å². The fraction of sp³-hybridized carbons (Fsp3) is 0.389. The number of Topliss-reactive ketones (excluding diaryl/α,β-unsaturated/α-hetero) is 1. The summed E-state index contributed by atoms with van der Waals surface area (Å²) in [5.74, 6) is 1.01. The molecule has 1 aromatic rings. The van der Waals surface area contributed by atoms with Crippen molar-refractivity contribution in [2.75, 3.05) is 0 Å². The summed E-state index contributed by atoms with van der Waals surface area (Å²) in [5, 5.41) is 0. The van der Waals surface area contributed by atoms with Crippen molar-refractivity contribution in [2.45, 2.75) is 46.6 Å². The van der Waals surface area contributed by atoms with E-state index in [0.29, 0.717) is 0 Å². The van der Waals surface area contributed by atoms with Crippen molar-refractivity contribution in [1.29, 1.82) is 0 Å². The molecular weight excluding hydrogens is 248 g/mol. The van der Waals surface area contributed by atoms with Gasteiger partial charge in [0.25, 0.3) is 0 Å². The second kappa shape index (κ2) is 6.08. The predicted molar refractivity (Wildman–Crippen MR) is 82.5 cm³/mol. The van der Waals surface area contributed by atoms with Crippen LogP contribution in [0.3, 0.4) is 0 Å². The molecular formula is C18H22O2. The normalized spacial score (nSPS) is 14.3. The highest BCUT2D eigenvalue weighted by atomic mass is 16.5. The molecule has 0 unspecified atom stereocenters. The van der Waals surface area contributed by atoms with Gasteiger partial charge in [-0.15, -0.1) is 0 Å². The molecule has 0 heterocycles. The SMILES string of the molecule is Cc1cc(C(=O)C2=CC=CCC2)c(C)cc1OC(C)C. The van der Waals surface area contributed by atoms with Gasteiger partial charge in [0.15, 0.2) is 5.78 Å². The summed E-state index contributed by atoms with van der Waals surface area (Å²) in [7, 11) is 0. The Bertz CT molecular complexity index is 577. The maximum atomic E-state index is 12.6. The first-order valence-electron chi connectivity index (χ1n) is 7.17. The Hall–Kier alpha value is -1.83. The average molecular weight is 270 g/mol. The first-order valence-corrected chi connectivity index (χ1v) is 7.17. The molecule has 20 heavy (non-hydrogen) atoms. The Morgan fingerprint density at radius 3 is 2.55 bits per heavy atom. The molecule has 1 aliphatic rings. The van der Waals surface area contributed by atoms with Crippen molar-refractivity contribution in [3.63, 3.8) is 0 Å². The molecule has 0 bridgehead atoms. The van der Waals surface area contributed by atoms with E-state index in [1.165, 1.54) is 0 Å². The number of hydrogen-bond acceptors (Lipinski definition) is 2. The first kappa shape index (κ1) is 14.6. The van der Waals surface area contributed by atoms with Crippen LogP contribution in [0.15, 0.2) is 35.9 Å². The average Bonchev–Trinajstić information content (AvgIpc) is 2.42. The van der Waals surface area contributed by atoms with Gasteiger partial charge in [-0.1, -0.05) is 18.2 Å². The quantitative estimate of drug-likeness (QED) is 0.750. The van der Waals surface area contributed by atoms with Crippen LogP contribution in [0.2, 0.25) is 0 Å². The van der Waals surface area contributed by atoms with Crippen LogP contribution in [0.25, 0.3) is 0 Å². The van der Waals surface area contributed by atoms with Gasteiger partial charge in [-0.3, -0.25) is 4.79 Å². The summed E-state index contributed by atoms with van der Waals surface area (Å²) in [6.45, 7) is 7.97. The van der Waals surface area contributed by atoms with Crippen molar-refractivity contribution >= 4 is 5.78 Å². The largest absolute Gasteiger partial charge is 0.491 e. The second-order valence-electron chi connectivity index (χ2n) is 5.59. The topological polar surface area (TPSA) is 26.3 Å². The first-order chi connectivity index (χ1) is 9.49. The van der Waals surface area contributed by atoms with E-state index in [0.717, 1.165) is 40.9 Å². The molecule has 0 aliphatic heterocycles. The maximum absolute atomic E-state index is 12.6. The maximum Gasteiger partial charge on any atom is 0.189 e. The van der Waals surface area contributed by atoms with Gasteiger partial charge in [0.1, 0.15) is 5.75 Å². The van der Waals surface area contributed by atoms with Crippen LogP contribution in [0.5, 0.6) is 5.75 Å². The summed E-state index contributed by atoms with van der Waals surface area (Å²) in [4.78, 5) is 12.6. The number of ketones is 1. The zero-order valence-electron chi connectivity index (χ0n) is 12.7. The molecule has 0 fully saturated rings. The lowest BCUT2D eigenvalue weighted by Gasteiger charge is -2.16. The number of ether oxygens (including phenoxy) is 1. The zero-order valence-corrected chi connectivity index (χ0v) is 12.7. The van der Waals surface area contributed by atoms with E-state index in [2.05, 4.69) is 6.08 Å². The van der Waals surface area contributed by atoms with Gasteiger partial charge in [-0.2, -0.15) is 0 Å². The van der Waals surface area contributed by atoms with E-state index in [9.17, 15) is 4.79 Å². The molecule has 2 rings (SSSR count). The molecule has 0 saturated carbocycles. The van der Waals surface area contributed by atoms with Crippen LogP contribution in [0.1, 0.15) is 48.2 Å². The molecule has 106 valence electrons. The summed E-state index contributed by atoms with van der Waals surface area (Å²) in [6, 6.07) is 3.93. The molecule has 0 radical (unpaired) electrons. The van der Waals surface area contributed by atoms with Crippen LogP contribution >= 0.6 is 0 Å². The minimum absolute atomic E-state index is 0.140. The number of carbonyl (C=O) groups excluding carboxylic acids is 1. The number of benzene rings is 1. The molecule has 2 nitrogen and oxygen atoms in total. The van der Waals surface area contributed by atoms with Gasteiger partial charge >= 0.3 is 0 Å². The summed E-state index contributed by atoms with van der Waals surface area (Å²) in [6.07, 6.45) is 7.91. The minimum atomic E-state index is 0.140. The fourth-order valence-electron chi connectivity index (χ4n) is 2.38. The summed E-state index contributed by atoms with van der Waals surface area (Å²) >= 11 is 0. The van der Waals surface area contributed by atoms with Gasteiger partial charge in [0, 0.05) is 11.1 Å². The van der Waals surface area contributed by atoms with Crippen LogP contribution < -0.4 is 4.74 Å². The van der Waals surface area contributed by atoms with Crippen molar-refractivity contribution in [1.82, 2.24) is 0 Å². The van der Waals surface area contributed by atoms with Crippen LogP contribution in [-0.4, -0.2) is 11.9 Å². The lowest BCUT2D eigenvalue weighted by atomic mass is 9.92. The Morgan fingerprint density at radius 2 is 1.95 bits per heavy atom. The molecule has 0 amide bonds. The van der Waals surface area contributed by atoms with E-state index in [1.54, 1.807) is 0 Å². The van der Waals surface area contributed by atoms with Crippen LogP contribution in [0, 0.1) is 13.8 Å². The Balaban J connectivity index is 2.33. The molecule has 0 aromatic heterocycles. The van der Waals surface area contributed by atoms with E-state index in [4.69, 9.17) is 4.74 Å².